The van der Waals surface area contributed by atoms with Crippen molar-refractivity contribution >= 4 is 18.1 Å². The van der Waals surface area contributed by atoms with Crippen molar-refractivity contribution in [3.63, 3.8) is 0 Å². The molecule has 1 heterocycles. The zero-order valence-corrected chi connectivity index (χ0v) is 8.56. The predicted molar refractivity (Wildman–Crippen MR) is 54.8 cm³/mol. The third-order valence-electron chi connectivity index (χ3n) is 1.89. The van der Waals surface area contributed by atoms with Crippen LogP contribution in [0.4, 0.5) is 5.82 Å². The van der Waals surface area contributed by atoms with E-state index in [2.05, 4.69) is 15.6 Å². The maximum atomic E-state index is 11.6. The molecule has 0 atom stereocenters. The van der Waals surface area contributed by atoms with E-state index in [1.165, 1.54) is 0 Å². The fourth-order valence-corrected chi connectivity index (χ4v) is 1.14. The third-order valence-corrected chi connectivity index (χ3v) is 1.89. The molecule has 82 valence electrons. The number of unbranched alkanes of at least 4 members (excludes halogenated alkanes) is 1. The number of carbonyl (C=O) groups excluding carboxylic acids is 2. The van der Waals surface area contributed by atoms with Crippen LogP contribution < -0.4 is 10.4 Å². The Morgan fingerprint density at radius 2 is 2.53 bits per heavy atom. The highest BCUT2D eigenvalue weighted by molar-refractivity contribution is 5.92. The van der Waals surface area contributed by atoms with E-state index in [4.69, 9.17) is 0 Å². The standard InChI is InChI=1S/C9H14N4O2/c1-2-3-4-9(15)13(11-7-14)8-5-6-10-12-8/h5-7H,2-4H2,1H3,(H,10,12)(H,11,14). The van der Waals surface area contributed by atoms with Gasteiger partial charge in [-0.25, -0.2) is 5.01 Å². The van der Waals surface area contributed by atoms with E-state index in [1.807, 2.05) is 6.92 Å². The summed E-state index contributed by atoms with van der Waals surface area (Å²) in [5, 5.41) is 7.54. The van der Waals surface area contributed by atoms with Gasteiger partial charge in [0.2, 0.25) is 12.3 Å². The second-order valence-corrected chi connectivity index (χ2v) is 3.01. The molecule has 0 aliphatic heterocycles. The van der Waals surface area contributed by atoms with Crippen LogP contribution >= 0.6 is 0 Å². The van der Waals surface area contributed by atoms with E-state index in [0.29, 0.717) is 18.6 Å². The Bertz CT molecular complexity index is 310. The molecule has 2 amide bonds. The quantitative estimate of drug-likeness (QED) is 0.533. The number of hydrogen-bond acceptors (Lipinski definition) is 3. The molecule has 0 unspecified atom stereocenters. The first-order valence-corrected chi connectivity index (χ1v) is 4.82. The van der Waals surface area contributed by atoms with Crippen molar-refractivity contribution in [2.24, 2.45) is 0 Å². The van der Waals surface area contributed by atoms with Crippen LogP contribution in [0.25, 0.3) is 0 Å². The van der Waals surface area contributed by atoms with Gasteiger partial charge in [0.1, 0.15) is 0 Å². The van der Waals surface area contributed by atoms with Crippen molar-refractivity contribution in [2.45, 2.75) is 26.2 Å². The van der Waals surface area contributed by atoms with Crippen molar-refractivity contribution in [1.82, 2.24) is 15.6 Å². The molecule has 6 nitrogen and oxygen atoms in total. The second-order valence-electron chi connectivity index (χ2n) is 3.01. The van der Waals surface area contributed by atoms with E-state index >= 15 is 0 Å². The number of aromatic nitrogens is 2. The monoisotopic (exact) mass is 210 g/mol. The number of anilines is 1. The van der Waals surface area contributed by atoms with Crippen LogP contribution in [0.5, 0.6) is 0 Å². The molecule has 2 N–H and O–H groups in total. The van der Waals surface area contributed by atoms with E-state index < -0.39 is 0 Å². The molecule has 0 saturated heterocycles. The highest BCUT2D eigenvalue weighted by Crippen LogP contribution is 2.08. The number of hydrazine groups is 1. The van der Waals surface area contributed by atoms with Gasteiger partial charge in [-0.2, -0.15) is 5.10 Å². The van der Waals surface area contributed by atoms with Gasteiger partial charge in [-0.1, -0.05) is 13.3 Å². The molecule has 1 aromatic rings. The number of carbonyl (C=O) groups is 2. The van der Waals surface area contributed by atoms with Crippen LogP contribution in [0.2, 0.25) is 0 Å². The van der Waals surface area contributed by atoms with Gasteiger partial charge in [0, 0.05) is 18.7 Å². The molecule has 6 heteroatoms. The Labute approximate surface area is 87.6 Å². The molecule has 0 spiro atoms. The predicted octanol–water partition coefficient (Wildman–Crippen LogP) is 0.594. The van der Waals surface area contributed by atoms with E-state index in [9.17, 15) is 9.59 Å². The van der Waals surface area contributed by atoms with Crippen molar-refractivity contribution in [3.8, 4) is 0 Å². The highest BCUT2D eigenvalue weighted by Gasteiger charge is 2.15. The number of nitrogens with zero attached hydrogens (tertiary/aromatic N) is 2. The maximum absolute atomic E-state index is 11.6. The molecule has 0 bridgehead atoms. The lowest BCUT2D eigenvalue weighted by Gasteiger charge is -2.17. The van der Waals surface area contributed by atoms with E-state index in [0.717, 1.165) is 17.9 Å². The lowest BCUT2D eigenvalue weighted by molar-refractivity contribution is -0.121. The van der Waals surface area contributed by atoms with Crippen molar-refractivity contribution in [3.05, 3.63) is 12.3 Å². The topological polar surface area (TPSA) is 78.1 Å². The first kappa shape index (κ1) is 11.2. The number of aromatic amines is 1. The van der Waals surface area contributed by atoms with Crippen LogP contribution in [0.15, 0.2) is 12.3 Å². The summed E-state index contributed by atoms with van der Waals surface area (Å²) >= 11 is 0. The summed E-state index contributed by atoms with van der Waals surface area (Å²) in [5.74, 6) is 0.222. The Hall–Kier alpha value is -1.85. The highest BCUT2D eigenvalue weighted by atomic mass is 16.2. The van der Waals surface area contributed by atoms with Crippen LogP contribution in [0.3, 0.4) is 0 Å². The van der Waals surface area contributed by atoms with E-state index in [1.54, 1.807) is 12.3 Å². The van der Waals surface area contributed by atoms with Gasteiger partial charge >= 0.3 is 0 Å². The van der Waals surface area contributed by atoms with E-state index in [-0.39, 0.29) is 5.91 Å². The molecule has 1 rings (SSSR count). The lowest BCUT2D eigenvalue weighted by Crippen LogP contribution is -2.42. The van der Waals surface area contributed by atoms with Gasteiger partial charge in [-0.3, -0.25) is 20.1 Å². The molecule has 0 radical (unpaired) electrons. The van der Waals surface area contributed by atoms with Crippen molar-refractivity contribution in [1.29, 1.82) is 0 Å². The first-order chi connectivity index (χ1) is 7.29. The lowest BCUT2D eigenvalue weighted by atomic mass is 10.2. The summed E-state index contributed by atoms with van der Waals surface area (Å²) in [6.45, 7) is 2.00. The minimum absolute atomic E-state index is 0.170. The molecule has 0 aromatic carbocycles. The smallest absolute Gasteiger partial charge is 0.247 e. The van der Waals surface area contributed by atoms with Crippen molar-refractivity contribution < 1.29 is 9.59 Å². The van der Waals surface area contributed by atoms with Crippen LogP contribution in [-0.4, -0.2) is 22.5 Å². The molecule has 0 aliphatic rings. The van der Waals surface area contributed by atoms with Gasteiger partial charge < -0.3 is 0 Å². The summed E-state index contributed by atoms with van der Waals surface area (Å²) in [7, 11) is 0. The van der Waals surface area contributed by atoms with Gasteiger partial charge in [-0.05, 0) is 6.42 Å². The van der Waals surface area contributed by atoms with Gasteiger partial charge in [-0.15, -0.1) is 0 Å². The number of hydrogen-bond donors (Lipinski definition) is 2. The normalized spacial score (nSPS) is 9.67. The molecular formula is C9H14N4O2. The molecule has 15 heavy (non-hydrogen) atoms. The summed E-state index contributed by atoms with van der Waals surface area (Å²) < 4.78 is 0. The maximum Gasteiger partial charge on any atom is 0.247 e. The summed E-state index contributed by atoms with van der Waals surface area (Å²) in [5.41, 5.74) is 2.31. The largest absolute Gasteiger partial charge is 0.284 e. The zero-order chi connectivity index (χ0) is 11.1. The Morgan fingerprint density at radius 3 is 3.07 bits per heavy atom. The number of nitrogens with one attached hydrogen (secondary N) is 2. The SMILES string of the molecule is CCCCC(=O)N(NC=O)c1cc[nH]n1. The fourth-order valence-electron chi connectivity index (χ4n) is 1.14. The summed E-state index contributed by atoms with van der Waals surface area (Å²) in [6.07, 6.45) is 4.16. The molecule has 0 saturated carbocycles. The average Bonchev–Trinajstić information content (AvgIpc) is 2.75. The second kappa shape index (κ2) is 5.79. The first-order valence-electron chi connectivity index (χ1n) is 4.82. The molecule has 0 aliphatic carbocycles. The minimum Gasteiger partial charge on any atom is -0.284 e. The molecular weight excluding hydrogens is 196 g/mol. The Morgan fingerprint density at radius 1 is 1.73 bits per heavy atom. The number of rotatable bonds is 6. The number of H-pyrrole nitrogens is 1. The van der Waals surface area contributed by atoms with Gasteiger partial charge in [0.25, 0.3) is 0 Å². The Balaban J connectivity index is 2.65. The average molecular weight is 210 g/mol. The Kier molecular flexibility index (Phi) is 4.33. The van der Waals surface area contributed by atoms with Gasteiger partial charge in [0.15, 0.2) is 5.82 Å². The molecule has 1 aromatic heterocycles. The summed E-state index contributed by atoms with van der Waals surface area (Å²) in [4.78, 5) is 22.0. The van der Waals surface area contributed by atoms with Crippen molar-refractivity contribution in [2.75, 3.05) is 5.01 Å². The zero-order valence-electron chi connectivity index (χ0n) is 8.56. The van der Waals surface area contributed by atoms with Crippen LogP contribution in [-0.2, 0) is 9.59 Å². The minimum atomic E-state index is -0.170. The molecule has 0 fully saturated rings. The third kappa shape index (κ3) is 3.08. The number of amides is 2. The van der Waals surface area contributed by atoms with Crippen LogP contribution in [0.1, 0.15) is 26.2 Å². The van der Waals surface area contributed by atoms with Crippen LogP contribution in [0, 0.1) is 0 Å². The fraction of sp³-hybridized carbons (Fsp3) is 0.444. The summed E-state index contributed by atoms with van der Waals surface area (Å²) in [6, 6.07) is 1.61. The van der Waals surface area contributed by atoms with Gasteiger partial charge in [0.05, 0.1) is 0 Å².